The van der Waals surface area contributed by atoms with Crippen LogP contribution in [0, 0.1) is 5.92 Å². The molecule has 110 valence electrons. The second kappa shape index (κ2) is 4.57. The summed E-state index contributed by atoms with van der Waals surface area (Å²) in [6, 6.07) is 4.63. The van der Waals surface area contributed by atoms with Crippen LogP contribution in [-0.4, -0.2) is 22.1 Å². The van der Waals surface area contributed by atoms with Crippen LogP contribution >= 0.6 is 0 Å². The second-order valence-electron chi connectivity index (χ2n) is 4.89. The van der Waals surface area contributed by atoms with Crippen LogP contribution in [0.1, 0.15) is 11.1 Å². The highest BCUT2D eigenvalue weighted by Crippen LogP contribution is 2.39. The van der Waals surface area contributed by atoms with Crippen molar-refractivity contribution in [3.05, 3.63) is 41.2 Å². The Labute approximate surface area is 117 Å². The number of aromatic hydroxyl groups is 1. The van der Waals surface area contributed by atoms with Crippen molar-refractivity contribution in [3.63, 3.8) is 0 Å². The van der Waals surface area contributed by atoms with Crippen molar-refractivity contribution < 1.29 is 23.1 Å². The van der Waals surface area contributed by atoms with Gasteiger partial charge in [0.2, 0.25) is 0 Å². The van der Waals surface area contributed by atoms with Crippen LogP contribution < -0.4 is 0 Å². The molecule has 0 aliphatic carbocycles. The fourth-order valence-electron chi connectivity index (χ4n) is 2.54. The number of nitrogens with zero attached hydrogens (tertiary/aromatic N) is 3. The van der Waals surface area contributed by atoms with Gasteiger partial charge in [-0.25, -0.2) is 0 Å². The predicted molar refractivity (Wildman–Crippen MR) is 64.8 cm³/mol. The van der Waals surface area contributed by atoms with Crippen molar-refractivity contribution in [1.29, 1.82) is 0 Å². The smallest absolute Gasteiger partial charge is 0.406 e. The van der Waals surface area contributed by atoms with Gasteiger partial charge < -0.3 is 10.0 Å². The minimum absolute atomic E-state index is 0.0522. The van der Waals surface area contributed by atoms with Gasteiger partial charge in [-0.15, -0.1) is 5.11 Å². The molecule has 3 rings (SSSR count). The number of benzene rings is 1. The normalized spacial score (nSPS) is 21.5. The fraction of sp³-hybridized carbons (Fsp3) is 0.308. The summed E-state index contributed by atoms with van der Waals surface area (Å²) >= 11 is 0. The summed E-state index contributed by atoms with van der Waals surface area (Å²) in [7, 11) is 0. The lowest BCUT2D eigenvalue weighted by Crippen LogP contribution is -2.38. The summed E-state index contributed by atoms with van der Waals surface area (Å²) in [4.78, 5) is 12.9. The van der Waals surface area contributed by atoms with Crippen molar-refractivity contribution in [1.82, 2.24) is 4.90 Å². The molecule has 1 aromatic rings. The van der Waals surface area contributed by atoms with Crippen LogP contribution in [0.25, 0.3) is 0 Å². The summed E-state index contributed by atoms with van der Waals surface area (Å²) < 4.78 is 39.2. The third-order valence-corrected chi connectivity index (χ3v) is 3.49. The molecule has 0 radical (unpaired) electrons. The van der Waals surface area contributed by atoms with Crippen molar-refractivity contribution in [2.45, 2.75) is 19.3 Å². The molecule has 0 aromatic heterocycles. The molecule has 2 aliphatic rings. The first-order valence-electron chi connectivity index (χ1n) is 6.13. The van der Waals surface area contributed by atoms with Gasteiger partial charge in [-0.2, -0.15) is 18.3 Å². The van der Waals surface area contributed by atoms with Gasteiger partial charge in [-0.1, -0.05) is 6.07 Å². The number of hydrogen-bond donors (Lipinski definition) is 1. The summed E-state index contributed by atoms with van der Waals surface area (Å²) in [5.41, 5.74) is 1.33. The Kier molecular flexibility index (Phi) is 2.96. The van der Waals surface area contributed by atoms with Gasteiger partial charge in [0, 0.05) is 13.1 Å². The van der Waals surface area contributed by atoms with Crippen LogP contribution in [0.15, 0.2) is 40.3 Å². The van der Waals surface area contributed by atoms with Gasteiger partial charge in [-0.3, -0.25) is 4.79 Å². The number of azo groups is 1. The van der Waals surface area contributed by atoms with Gasteiger partial charge >= 0.3 is 6.18 Å². The van der Waals surface area contributed by atoms with Crippen LogP contribution in [-0.2, 0) is 17.9 Å². The number of fused-ring (bicyclic) bond motifs is 1. The Bertz CT molecular complexity index is 667. The van der Waals surface area contributed by atoms with Gasteiger partial charge in [-0.05, 0) is 23.3 Å². The SMILES string of the molecule is O=C1N=NC=C(N2Cc3ccc(O)cc3C2)C1C(F)(F)F. The number of amides is 1. The number of carbonyl (C=O) groups is 1. The number of halogens is 3. The summed E-state index contributed by atoms with van der Waals surface area (Å²) in [6.45, 7) is 0.418. The average molecular weight is 297 g/mol. The van der Waals surface area contributed by atoms with Crippen LogP contribution in [0.5, 0.6) is 5.75 Å². The molecule has 1 unspecified atom stereocenters. The standard InChI is InChI=1S/C13H10F3N3O2/c14-13(15,16)11-10(4-17-18-12(11)21)19-5-7-1-2-9(20)3-8(7)6-19/h1-4,11,20H,5-6H2. The van der Waals surface area contributed by atoms with Gasteiger partial charge in [0.05, 0.1) is 11.9 Å². The van der Waals surface area contributed by atoms with E-state index in [1.807, 2.05) is 0 Å². The van der Waals surface area contributed by atoms with E-state index in [1.165, 1.54) is 17.0 Å². The zero-order valence-electron chi connectivity index (χ0n) is 10.6. The van der Waals surface area contributed by atoms with Crippen molar-refractivity contribution in [3.8, 4) is 5.75 Å². The molecule has 8 heteroatoms. The first kappa shape index (κ1) is 13.6. The first-order valence-corrected chi connectivity index (χ1v) is 6.13. The molecular formula is C13H10F3N3O2. The van der Waals surface area contributed by atoms with E-state index in [9.17, 15) is 23.1 Å². The highest BCUT2D eigenvalue weighted by molar-refractivity contribution is 5.83. The van der Waals surface area contributed by atoms with E-state index in [0.717, 1.165) is 17.3 Å². The molecule has 1 atom stereocenters. The molecule has 0 spiro atoms. The monoisotopic (exact) mass is 297 g/mol. The Balaban J connectivity index is 1.92. The van der Waals surface area contributed by atoms with E-state index in [1.54, 1.807) is 6.07 Å². The maximum Gasteiger partial charge on any atom is 0.406 e. The topological polar surface area (TPSA) is 65.3 Å². The highest BCUT2D eigenvalue weighted by Gasteiger charge is 2.50. The van der Waals surface area contributed by atoms with E-state index >= 15 is 0 Å². The number of hydrogen-bond acceptors (Lipinski definition) is 4. The number of carbonyl (C=O) groups excluding carboxylic acids is 1. The molecule has 1 amide bonds. The zero-order chi connectivity index (χ0) is 15.2. The van der Waals surface area contributed by atoms with Crippen LogP contribution in [0.3, 0.4) is 0 Å². The quantitative estimate of drug-likeness (QED) is 0.866. The van der Waals surface area contributed by atoms with E-state index in [-0.39, 0.29) is 24.5 Å². The molecule has 21 heavy (non-hydrogen) atoms. The van der Waals surface area contributed by atoms with E-state index in [4.69, 9.17) is 0 Å². The first-order chi connectivity index (χ1) is 9.86. The van der Waals surface area contributed by atoms with Crippen molar-refractivity contribution in [2.75, 3.05) is 0 Å². The van der Waals surface area contributed by atoms with Crippen molar-refractivity contribution in [2.24, 2.45) is 16.1 Å². The van der Waals surface area contributed by atoms with Gasteiger partial charge in [0.1, 0.15) is 5.75 Å². The molecule has 0 saturated heterocycles. The third kappa shape index (κ3) is 2.37. The highest BCUT2D eigenvalue weighted by atomic mass is 19.4. The second-order valence-corrected chi connectivity index (χ2v) is 4.89. The summed E-state index contributed by atoms with van der Waals surface area (Å²) in [5, 5.41) is 15.8. The number of rotatable bonds is 1. The molecule has 1 N–H and O–H groups in total. The molecule has 0 fully saturated rings. The Morgan fingerprint density at radius 2 is 1.95 bits per heavy atom. The molecule has 0 bridgehead atoms. The molecule has 2 heterocycles. The maximum atomic E-state index is 13.1. The fourth-order valence-corrected chi connectivity index (χ4v) is 2.54. The Morgan fingerprint density at radius 3 is 2.67 bits per heavy atom. The maximum absolute atomic E-state index is 13.1. The van der Waals surface area contributed by atoms with Crippen molar-refractivity contribution >= 4 is 5.91 Å². The minimum Gasteiger partial charge on any atom is -0.508 e. The van der Waals surface area contributed by atoms with E-state index in [0.29, 0.717) is 0 Å². The zero-order valence-corrected chi connectivity index (χ0v) is 10.6. The van der Waals surface area contributed by atoms with Crippen LogP contribution in [0.4, 0.5) is 13.2 Å². The Hall–Kier alpha value is -2.38. The molecule has 1 aromatic carbocycles. The molecule has 0 saturated carbocycles. The third-order valence-electron chi connectivity index (χ3n) is 3.49. The van der Waals surface area contributed by atoms with Crippen LogP contribution in [0.2, 0.25) is 0 Å². The Morgan fingerprint density at radius 1 is 1.24 bits per heavy atom. The number of phenols is 1. The predicted octanol–water partition coefficient (Wildman–Crippen LogP) is 2.72. The lowest BCUT2D eigenvalue weighted by molar-refractivity contribution is -0.177. The van der Waals surface area contributed by atoms with Gasteiger partial charge in [0.15, 0.2) is 5.92 Å². The molecule has 2 aliphatic heterocycles. The van der Waals surface area contributed by atoms with E-state index < -0.39 is 18.0 Å². The molecular weight excluding hydrogens is 287 g/mol. The molecule has 5 nitrogen and oxygen atoms in total. The van der Waals surface area contributed by atoms with Gasteiger partial charge in [0.25, 0.3) is 5.91 Å². The summed E-state index contributed by atoms with van der Waals surface area (Å²) in [5.74, 6) is -3.53. The minimum atomic E-state index is -4.71. The number of phenolic OH excluding ortho intramolecular Hbond substituents is 1. The van der Waals surface area contributed by atoms with E-state index in [2.05, 4.69) is 10.2 Å². The number of alkyl halides is 3. The lowest BCUT2D eigenvalue weighted by atomic mass is 10.0. The summed E-state index contributed by atoms with van der Waals surface area (Å²) in [6.07, 6.45) is -3.73. The lowest BCUT2D eigenvalue weighted by Gasteiger charge is -2.28. The largest absolute Gasteiger partial charge is 0.508 e. The average Bonchev–Trinajstić information content (AvgIpc) is 2.79.